The average Bonchev–Trinajstić information content (AvgIpc) is 2.79. The zero-order chi connectivity index (χ0) is 11.5. The lowest BCUT2D eigenvalue weighted by Gasteiger charge is -2.41. The molecule has 0 saturated heterocycles. The van der Waals surface area contributed by atoms with Crippen LogP contribution in [0.15, 0.2) is 17.5 Å². The SMILES string of the molecule is CCC(C)(CN)N(C)C(C)c1cccs1. The van der Waals surface area contributed by atoms with Gasteiger partial charge in [0, 0.05) is 23.0 Å². The summed E-state index contributed by atoms with van der Waals surface area (Å²) in [5.74, 6) is 0. The fourth-order valence-corrected chi connectivity index (χ4v) is 2.55. The second-order valence-electron chi connectivity index (χ2n) is 4.36. The third-order valence-electron chi connectivity index (χ3n) is 3.59. The van der Waals surface area contributed by atoms with Crippen molar-refractivity contribution in [3.8, 4) is 0 Å². The van der Waals surface area contributed by atoms with Crippen molar-refractivity contribution >= 4 is 11.3 Å². The van der Waals surface area contributed by atoms with E-state index in [1.807, 2.05) is 11.3 Å². The molecular weight excluding hydrogens is 204 g/mol. The number of nitrogens with two attached hydrogens (primary N) is 1. The zero-order valence-electron chi connectivity index (χ0n) is 10.2. The summed E-state index contributed by atoms with van der Waals surface area (Å²) in [5.41, 5.74) is 5.97. The van der Waals surface area contributed by atoms with Gasteiger partial charge in [-0.3, -0.25) is 4.90 Å². The molecule has 0 aliphatic rings. The van der Waals surface area contributed by atoms with Crippen molar-refractivity contribution in [1.29, 1.82) is 0 Å². The summed E-state index contributed by atoms with van der Waals surface area (Å²) in [6.07, 6.45) is 1.08. The van der Waals surface area contributed by atoms with E-state index in [1.165, 1.54) is 4.88 Å². The number of hydrogen-bond acceptors (Lipinski definition) is 3. The highest BCUT2D eigenvalue weighted by Crippen LogP contribution is 2.30. The molecule has 0 radical (unpaired) electrons. The smallest absolute Gasteiger partial charge is 0.0416 e. The zero-order valence-corrected chi connectivity index (χ0v) is 11.0. The summed E-state index contributed by atoms with van der Waals surface area (Å²) >= 11 is 1.81. The first-order valence-corrected chi connectivity index (χ1v) is 6.39. The van der Waals surface area contributed by atoms with Gasteiger partial charge in [0.05, 0.1) is 0 Å². The maximum absolute atomic E-state index is 5.87. The first-order chi connectivity index (χ1) is 7.05. The van der Waals surface area contributed by atoms with Crippen molar-refractivity contribution in [3.63, 3.8) is 0 Å². The van der Waals surface area contributed by atoms with Crippen LogP contribution >= 0.6 is 11.3 Å². The highest BCUT2D eigenvalue weighted by atomic mass is 32.1. The Morgan fingerprint density at radius 3 is 2.67 bits per heavy atom. The van der Waals surface area contributed by atoms with Crippen LogP contribution in [0, 0.1) is 0 Å². The van der Waals surface area contributed by atoms with Crippen molar-refractivity contribution in [1.82, 2.24) is 4.90 Å². The van der Waals surface area contributed by atoms with E-state index in [4.69, 9.17) is 5.73 Å². The lowest BCUT2D eigenvalue weighted by Crippen LogP contribution is -2.49. The van der Waals surface area contributed by atoms with Gasteiger partial charge in [0.25, 0.3) is 0 Å². The lowest BCUT2D eigenvalue weighted by molar-refractivity contribution is 0.0980. The number of likely N-dealkylation sites (N-methyl/N-ethyl adjacent to an activating group) is 1. The first kappa shape index (κ1) is 12.7. The third-order valence-corrected chi connectivity index (χ3v) is 4.63. The summed E-state index contributed by atoms with van der Waals surface area (Å²) in [7, 11) is 2.17. The maximum atomic E-state index is 5.87. The van der Waals surface area contributed by atoms with Crippen LogP contribution in [0.4, 0.5) is 0 Å². The summed E-state index contributed by atoms with van der Waals surface area (Å²) in [4.78, 5) is 3.80. The molecule has 0 amide bonds. The monoisotopic (exact) mass is 226 g/mol. The van der Waals surface area contributed by atoms with E-state index in [1.54, 1.807) is 0 Å². The van der Waals surface area contributed by atoms with Gasteiger partial charge in [-0.25, -0.2) is 0 Å². The fourth-order valence-electron chi connectivity index (χ4n) is 1.73. The van der Waals surface area contributed by atoms with Gasteiger partial charge in [0.15, 0.2) is 0 Å². The molecule has 2 unspecified atom stereocenters. The Labute approximate surface area is 97.1 Å². The van der Waals surface area contributed by atoms with Crippen LogP contribution in [0.2, 0.25) is 0 Å². The highest BCUT2D eigenvalue weighted by Gasteiger charge is 2.29. The van der Waals surface area contributed by atoms with Crippen molar-refractivity contribution in [2.75, 3.05) is 13.6 Å². The minimum absolute atomic E-state index is 0.101. The molecule has 3 heteroatoms. The van der Waals surface area contributed by atoms with Crippen LogP contribution in [-0.4, -0.2) is 24.0 Å². The normalized spacial score (nSPS) is 17.7. The molecule has 0 aliphatic carbocycles. The van der Waals surface area contributed by atoms with Crippen LogP contribution in [0.25, 0.3) is 0 Å². The number of rotatable bonds is 5. The van der Waals surface area contributed by atoms with Crippen molar-refractivity contribution in [2.24, 2.45) is 5.73 Å². The molecule has 2 atom stereocenters. The molecule has 2 nitrogen and oxygen atoms in total. The third kappa shape index (κ3) is 2.60. The van der Waals surface area contributed by atoms with E-state index >= 15 is 0 Å². The predicted molar refractivity (Wildman–Crippen MR) is 68.2 cm³/mol. The minimum Gasteiger partial charge on any atom is -0.329 e. The van der Waals surface area contributed by atoms with Crippen LogP contribution in [-0.2, 0) is 0 Å². The molecule has 0 aliphatic heterocycles. The molecule has 1 aromatic heterocycles. The molecule has 0 spiro atoms. The molecule has 1 aromatic rings. The fraction of sp³-hybridized carbons (Fsp3) is 0.667. The molecule has 1 rings (SSSR count). The van der Waals surface area contributed by atoms with Gasteiger partial charge in [-0.2, -0.15) is 0 Å². The Kier molecular flexibility index (Phi) is 4.32. The topological polar surface area (TPSA) is 29.3 Å². The van der Waals surface area contributed by atoms with Gasteiger partial charge in [-0.15, -0.1) is 11.3 Å². The molecule has 15 heavy (non-hydrogen) atoms. The molecule has 0 bridgehead atoms. The minimum atomic E-state index is 0.101. The van der Waals surface area contributed by atoms with Crippen molar-refractivity contribution < 1.29 is 0 Å². The Hall–Kier alpha value is -0.380. The quantitative estimate of drug-likeness (QED) is 0.836. The molecule has 0 fully saturated rings. The Morgan fingerprint density at radius 1 is 1.60 bits per heavy atom. The van der Waals surface area contributed by atoms with E-state index in [9.17, 15) is 0 Å². The van der Waals surface area contributed by atoms with E-state index in [0.29, 0.717) is 12.6 Å². The van der Waals surface area contributed by atoms with Gasteiger partial charge in [0.2, 0.25) is 0 Å². The Bertz CT molecular complexity index is 278. The number of thiophene rings is 1. The van der Waals surface area contributed by atoms with Crippen LogP contribution < -0.4 is 5.73 Å². The van der Waals surface area contributed by atoms with Crippen LogP contribution in [0.3, 0.4) is 0 Å². The first-order valence-electron chi connectivity index (χ1n) is 5.51. The maximum Gasteiger partial charge on any atom is 0.0416 e. The molecule has 2 N–H and O–H groups in total. The van der Waals surface area contributed by atoms with Crippen LogP contribution in [0.5, 0.6) is 0 Å². The predicted octanol–water partition coefficient (Wildman–Crippen LogP) is 2.87. The molecule has 0 saturated carbocycles. The number of hydrogen-bond donors (Lipinski definition) is 1. The highest BCUT2D eigenvalue weighted by molar-refractivity contribution is 7.10. The van der Waals surface area contributed by atoms with Crippen molar-refractivity contribution in [3.05, 3.63) is 22.4 Å². The summed E-state index contributed by atoms with van der Waals surface area (Å²) < 4.78 is 0. The summed E-state index contributed by atoms with van der Waals surface area (Å²) in [5, 5.41) is 2.13. The average molecular weight is 226 g/mol. The summed E-state index contributed by atoms with van der Waals surface area (Å²) in [6, 6.07) is 4.74. The van der Waals surface area contributed by atoms with Gasteiger partial charge in [-0.1, -0.05) is 13.0 Å². The molecular formula is C12H22N2S. The van der Waals surface area contributed by atoms with Gasteiger partial charge >= 0.3 is 0 Å². The second-order valence-corrected chi connectivity index (χ2v) is 5.34. The molecule has 0 aromatic carbocycles. The van der Waals surface area contributed by atoms with E-state index in [-0.39, 0.29) is 5.54 Å². The van der Waals surface area contributed by atoms with E-state index < -0.39 is 0 Å². The Morgan fingerprint density at radius 2 is 2.27 bits per heavy atom. The van der Waals surface area contributed by atoms with E-state index in [2.05, 4.69) is 50.2 Å². The van der Waals surface area contributed by atoms with Crippen LogP contribution in [0.1, 0.15) is 38.1 Å². The van der Waals surface area contributed by atoms with Gasteiger partial charge < -0.3 is 5.73 Å². The van der Waals surface area contributed by atoms with Gasteiger partial charge in [-0.05, 0) is 38.8 Å². The number of nitrogens with zero attached hydrogens (tertiary/aromatic N) is 1. The van der Waals surface area contributed by atoms with E-state index in [0.717, 1.165) is 6.42 Å². The molecule has 1 heterocycles. The van der Waals surface area contributed by atoms with Crippen molar-refractivity contribution in [2.45, 2.75) is 38.8 Å². The standard InChI is InChI=1S/C12H22N2S/c1-5-12(3,9-13)14(4)10(2)11-7-6-8-15-11/h6-8,10H,5,9,13H2,1-4H3. The van der Waals surface area contributed by atoms with Gasteiger partial charge in [0.1, 0.15) is 0 Å². The Balaban J connectivity index is 2.79. The largest absolute Gasteiger partial charge is 0.329 e. The second kappa shape index (κ2) is 5.10. The lowest BCUT2D eigenvalue weighted by atomic mass is 9.95. The molecule has 86 valence electrons. The summed E-state index contributed by atoms with van der Waals surface area (Å²) in [6.45, 7) is 7.38.